The van der Waals surface area contributed by atoms with Crippen molar-refractivity contribution in [2.75, 3.05) is 0 Å². The van der Waals surface area contributed by atoms with Crippen LogP contribution in [-0.2, 0) is 11.8 Å². The van der Waals surface area contributed by atoms with E-state index >= 15 is 0 Å². The molecule has 1 aromatic heterocycles. The van der Waals surface area contributed by atoms with Crippen LogP contribution in [0.15, 0.2) is 6.07 Å². The van der Waals surface area contributed by atoms with Crippen molar-refractivity contribution in [2.45, 2.75) is 24.8 Å². The average molecular weight is 195 g/mol. The van der Waals surface area contributed by atoms with Crippen molar-refractivity contribution in [3.8, 4) is 0 Å². The molecular weight excluding hydrogens is 182 g/mol. The number of hydrogen-bond acceptors (Lipinski definition) is 3. The molecule has 1 aliphatic carbocycles. The number of aryl methyl sites for hydroxylation is 1. The second-order valence-electron chi connectivity index (χ2n) is 3.71. The van der Waals surface area contributed by atoms with Gasteiger partial charge in [-0.25, -0.2) is 0 Å². The van der Waals surface area contributed by atoms with Gasteiger partial charge in [-0.1, -0.05) is 0 Å². The van der Waals surface area contributed by atoms with Gasteiger partial charge >= 0.3 is 5.97 Å². The minimum atomic E-state index is -1.02. The fourth-order valence-corrected chi connectivity index (χ4v) is 1.50. The van der Waals surface area contributed by atoms with Crippen molar-refractivity contribution in [1.82, 2.24) is 9.78 Å². The van der Waals surface area contributed by atoms with E-state index in [1.54, 1.807) is 17.8 Å². The number of carboxylic acids is 1. The molecule has 14 heavy (non-hydrogen) atoms. The molecule has 1 heterocycles. The van der Waals surface area contributed by atoms with E-state index in [0.29, 0.717) is 11.6 Å². The van der Waals surface area contributed by atoms with Gasteiger partial charge in [-0.3, -0.25) is 9.48 Å². The third-order valence-corrected chi connectivity index (χ3v) is 2.52. The maximum Gasteiger partial charge on any atom is 0.326 e. The molecule has 1 unspecified atom stereocenters. The number of nitrogens with two attached hydrogens (primary N) is 1. The average Bonchev–Trinajstić information content (AvgIpc) is 2.89. The van der Waals surface area contributed by atoms with Crippen LogP contribution in [-0.4, -0.2) is 20.9 Å². The van der Waals surface area contributed by atoms with Crippen LogP contribution in [0.4, 0.5) is 0 Å². The van der Waals surface area contributed by atoms with Crippen molar-refractivity contribution < 1.29 is 9.90 Å². The highest BCUT2D eigenvalue weighted by Gasteiger charge is 2.28. The van der Waals surface area contributed by atoms with E-state index < -0.39 is 12.0 Å². The number of carbonyl (C=O) groups is 1. The fourth-order valence-electron chi connectivity index (χ4n) is 1.50. The van der Waals surface area contributed by atoms with Crippen molar-refractivity contribution in [3.63, 3.8) is 0 Å². The van der Waals surface area contributed by atoms with Gasteiger partial charge in [-0.2, -0.15) is 5.10 Å². The highest BCUT2D eigenvalue weighted by molar-refractivity contribution is 5.74. The van der Waals surface area contributed by atoms with Crippen LogP contribution < -0.4 is 5.73 Å². The van der Waals surface area contributed by atoms with Crippen LogP contribution >= 0.6 is 0 Å². The normalized spacial score (nSPS) is 18.1. The maximum atomic E-state index is 10.7. The lowest BCUT2D eigenvalue weighted by molar-refractivity contribution is -0.138. The molecule has 0 spiro atoms. The zero-order valence-corrected chi connectivity index (χ0v) is 7.97. The summed E-state index contributed by atoms with van der Waals surface area (Å²) in [5.41, 5.74) is 7.05. The monoisotopic (exact) mass is 195 g/mol. The summed E-state index contributed by atoms with van der Waals surface area (Å²) in [4.78, 5) is 10.7. The Morgan fingerprint density at radius 3 is 2.93 bits per heavy atom. The molecule has 0 amide bonds. The topological polar surface area (TPSA) is 81.1 Å². The summed E-state index contributed by atoms with van der Waals surface area (Å²) in [6.45, 7) is 0. The van der Waals surface area contributed by atoms with Gasteiger partial charge in [-0.05, 0) is 18.9 Å². The Balaban J connectivity index is 2.28. The molecule has 3 N–H and O–H groups in total. The zero-order chi connectivity index (χ0) is 10.3. The molecule has 1 saturated carbocycles. The molecule has 76 valence electrons. The number of carboxylic acid groups (broad SMARTS) is 1. The third-order valence-electron chi connectivity index (χ3n) is 2.52. The standard InChI is InChI=1S/C9H13N3O2/c1-12-7(8(10)9(13)14)4-6(11-12)5-2-3-5/h4-5,8H,2-3,10H2,1H3,(H,13,14). The molecule has 1 aliphatic rings. The predicted octanol–water partition coefficient (Wildman–Crippen LogP) is 0.382. The Labute approximate surface area is 81.5 Å². The molecule has 5 nitrogen and oxygen atoms in total. The van der Waals surface area contributed by atoms with Gasteiger partial charge in [0.25, 0.3) is 0 Å². The first-order valence-electron chi connectivity index (χ1n) is 4.62. The molecule has 5 heteroatoms. The van der Waals surface area contributed by atoms with Gasteiger partial charge < -0.3 is 10.8 Å². The number of nitrogens with zero attached hydrogens (tertiary/aromatic N) is 2. The first-order valence-corrected chi connectivity index (χ1v) is 4.62. The second kappa shape index (κ2) is 3.09. The summed E-state index contributed by atoms with van der Waals surface area (Å²) in [6, 6.07) is 0.830. The summed E-state index contributed by atoms with van der Waals surface area (Å²) < 4.78 is 1.56. The van der Waals surface area contributed by atoms with Gasteiger partial charge in [0.05, 0.1) is 11.4 Å². The largest absolute Gasteiger partial charge is 0.480 e. The zero-order valence-electron chi connectivity index (χ0n) is 7.97. The van der Waals surface area contributed by atoms with Gasteiger partial charge in [0, 0.05) is 13.0 Å². The fraction of sp³-hybridized carbons (Fsp3) is 0.556. The highest BCUT2D eigenvalue weighted by Crippen LogP contribution is 2.39. The van der Waals surface area contributed by atoms with Crippen LogP contribution in [0.5, 0.6) is 0 Å². The van der Waals surface area contributed by atoms with Crippen molar-refractivity contribution in [2.24, 2.45) is 12.8 Å². The minimum absolute atomic E-state index is 0.524. The molecule has 0 aromatic carbocycles. The van der Waals surface area contributed by atoms with Crippen LogP contribution in [0, 0.1) is 0 Å². The molecule has 1 fully saturated rings. The molecule has 0 aliphatic heterocycles. The van der Waals surface area contributed by atoms with Crippen LogP contribution in [0.25, 0.3) is 0 Å². The van der Waals surface area contributed by atoms with E-state index in [2.05, 4.69) is 5.10 Å². The molecule has 1 atom stereocenters. The third kappa shape index (κ3) is 1.50. The second-order valence-corrected chi connectivity index (χ2v) is 3.71. The molecule has 0 radical (unpaired) electrons. The maximum absolute atomic E-state index is 10.7. The van der Waals surface area contributed by atoms with Crippen molar-refractivity contribution >= 4 is 5.97 Å². The van der Waals surface area contributed by atoms with Crippen molar-refractivity contribution in [1.29, 1.82) is 0 Å². The predicted molar refractivity (Wildman–Crippen MR) is 49.7 cm³/mol. The lowest BCUT2D eigenvalue weighted by Gasteiger charge is -2.05. The van der Waals surface area contributed by atoms with E-state index in [4.69, 9.17) is 10.8 Å². The van der Waals surface area contributed by atoms with Gasteiger partial charge in [0.15, 0.2) is 0 Å². The van der Waals surface area contributed by atoms with Crippen LogP contribution in [0.1, 0.15) is 36.2 Å². The van der Waals surface area contributed by atoms with Gasteiger partial charge in [0.1, 0.15) is 6.04 Å². The molecule has 2 rings (SSSR count). The van der Waals surface area contributed by atoms with Crippen LogP contribution in [0.3, 0.4) is 0 Å². The smallest absolute Gasteiger partial charge is 0.326 e. The van der Waals surface area contributed by atoms with E-state index in [-0.39, 0.29) is 0 Å². The Morgan fingerprint density at radius 2 is 2.43 bits per heavy atom. The molecule has 0 saturated heterocycles. The van der Waals surface area contributed by atoms with Gasteiger partial charge in [0.2, 0.25) is 0 Å². The number of aliphatic carboxylic acids is 1. The van der Waals surface area contributed by atoms with E-state index in [9.17, 15) is 4.79 Å². The molecule has 1 aromatic rings. The lowest BCUT2D eigenvalue weighted by atomic mass is 10.2. The quantitative estimate of drug-likeness (QED) is 0.730. The number of hydrogen-bond donors (Lipinski definition) is 2. The van der Waals surface area contributed by atoms with Gasteiger partial charge in [-0.15, -0.1) is 0 Å². The highest BCUT2D eigenvalue weighted by atomic mass is 16.4. The summed E-state index contributed by atoms with van der Waals surface area (Å²) in [7, 11) is 1.73. The summed E-state index contributed by atoms with van der Waals surface area (Å²) >= 11 is 0. The summed E-state index contributed by atoms with van der Waals surface area (Å²) in [5, 5.41) is 13.0. The minimum Gasteiger partial charge on any atom is -0.480 e. The lowest BCUT2D eigenvalue weighted by Crippen LogP contribution is -2.23. The van der Waals surface area contributed by atoms with E-state index in [1.165, 1.54) is 0 Å². The summed E-state index contributed by atoms with van der Waals surface area (Å²) in [6.07, 6.45) is 2.30. The SMILES string of the molecule is Cn1nc(C2CC2)cc1C(N)C(=O)O. The number of aromatic nitrogens is 2. The van der Waals surface area contributed by atoms with E-state index in [0.717, 1.165) is 18.5 Å². The molecule has 0 bridgehead atoms. The Morgan fingerprint density at radius 1 is 1.79 bits per heavy atom. The van der Waals surface area contributed by atoms with E-state index in [1.807, 2.05) is 0 Å². The summed E-state index contributed by atoms with van der Waals surface area (Å²) in [5.74, 6) is -0.494. The van der Waals surface area contributed by atoms with Crippen molar-refractivity contribution in [3.05, 3.63) is 17.5 Å². The number of rotatable bonds is 3. The Kier molecular flexibility index (Phi) is 2.03. The Hall–Kier alpha value is -1.36. The first kappa shape index (κ1) is 9.21. The molecular formula is C9H13N3O2. The Bertz CT molecular complexity index is 368. The first-order chi connectivity index (χ1) is 6.59. The van der Waals surface area contributed by atoms with Crippen LogP contribution in [0.2, 0.25) is 0 Å².